The number of nitrogens with one attached hydrogen (secondary N) is 2. The Bertz CT molecular complexity index is 1250. The highest BCUT2D eigenvalue weighted by atomic mass is 16.5. The van der Waals surface area contributed by atoms with Crippen LogP contribution in [-0.4, -0.2) is 36.6 Å². The molecule has 0 spiro atoms. The van der Waals surface area contributed by atoms with Crippen LogP contribution in [0.4, 0.5) is 16.2 Å². The third-order valence-corrected chi connectivity index (χ3v) is 5.61. The van der Waals surface area contributed by atoms with Gasteiger partial charge in [0.1, 0.15) is 11.5 Å². The number of benzene rings is 3. The number of carboxylic acids is 1. The van der Waals surface area contributed by atoms with E-state index in [1.807, 2.05) is 19.1 Å². The molecule has 0 atom stereocenters. The molecule has 2 amide bonds. The number of carbonyl (C=O) groups is 3. The Labute approximate surface area is 210 Å². The molecule has 0 aromatic heterocycles. The first-order valence-electron chi connectivity index (χ1n) is 11.5. The molecule has 0 aliphatic rings. The molecule has 0 saturated heterocycles. The van der Waals surface area contributed by atoms with E-state index < -0.39 is 17.4 Å². The lowest BCUT2D eigenvalue weighted by molar-refractivity contribution is -0.146. The third kappa shape index (κ3) is 6.41. The van der Waals surface area contributed by atoms with Crippen molar-refractivity contribution in [1.82, 2.24) is 0 Å². The second-order valence-electron chi connectivity index (χ2n) is 8.79. The molecule has 36 heavy (non-hydrogen) atoms. The van der Waals surface area contributed by atoms with Gasteiger partial charge in [-0.3, -0.25) is 9.59 Å². The molecule has 3 rings (SSSR count). The monoisotopic (exact) mass is 490 g/mol. The molecule has 0 heterocycles. The number of aliphatic carboxylic acids is 1. The van der Waals surface area contributed by atoms with Gasteiger partial charge in [0.2, 0.25) is 0 Å². The normalized spacial score (nSPS) is 10.9. The number of methoxy groups -OCH3 is 1. The van der Waals surface area contributed by atoms with Gasteiger partial charge in [-0.15, -0.1) is 0 Å². The Hall–Kier alpha value is -4.33. The second kappa shape index (κ2) is 11.4. The molecule has 0 radical (unpaired) electrons. The molecule has 0 unspecified atom stereocenters. The summed E-state index contributed by atoms with van der Waals surface area (Å²) in [5, 5.41) is 14.8. The van der Waals surface area contributed by atoms with Crippen molar-refractivity contribution in [2.75, 3.05) is 24.4 Å². The minimum Gasteiger partial charge on any atom is -0.495 e. The maximum absolute atomic E-state index is 12.6. The Morgan fingerprint density at radius 1 is 0.861 bits per heavy atom. The van der Waals surface area contributed by atoms with Crippen LogP contribution in [0.1, 0.15) is 37.6 Å². The molecule has 8 heteroatoms. The zero-order chi connectivity index (χ0) is 26.3. The topological polar surface area (TPSA) is 114 Å². The van der Waals surface area contributed by atoms with E-state index >= 15 is 0 Å². The summed E-state index contributed by atoms with van der Waals surface area (Å²) in [6.45, 7) is 5.41. The van der Waals surface area contributed by atoms with Crippen molar-refractivity contribution < 1.29 is 29.0 Å². The fourth-order valence-corrected chi connectivity index (χ4v) is 3.53. The first kappa shape index (κ1) is 26.3. The third-order valence-electron chi connectivity index (χ3n) is 5.61. The fraction of sp³-hybridized carbons (Fsp3) is 0.250. The van der Waals surface area contributed by atoms with Gasteiger partial charge in [-0.1, -0.05) is 42.5 Å². The van der Waals surface area contributed by atoms with E-state index in [9.17, 15) is 19.5 Å². The van der Waals surface area contributed by atoms with Crippen LogP contribution in [0, 0.1) is 5.41 Å². The van der Waals surface area contributed by atoms with Gasteiger partial charge >= 0.3 is 12.0 Å². The van der Waals surface area contributed by atoms with Crippen molar-refractivity contribution in [1.29, 1.82) is 0 Å². The number of para-hydroxylation sites is 2. The number of urea groups is 1. The molecule has 0 aliphatic heterocycles. The lowest BCUT2D eigenvalue weighted by Gasteiger charge is -2.18. The Morgan fingerprint density at radius 2 is 1.47 bits per heavy atom. The average molecular weight is 491 g/mol. The number of amides is 2. The van der Waals surface area contributed by atoms with Crippen LogP contribution in [0.2, 0.25) is 0 Å². The van der Waals surface area contributed by atoms with Gasteiger partial charge in [0.25, 0.3) is 0 Å². The van der Waals surface area contributed by atoms with E-state index in [0.717, 1.165) is 11.1 Å². The van der Waals surface area contributed by atoms with Gasteiger partial charge < -0.3 is 25.2 Å². The largest absolute Gasteiger partial charge is 0.495 e. The van der Waals surface area contributed by atoms with E-state index in [1.165, 1.54) is 21.0 Å². The lowest BCUT2D eigenvalue weighted by atomic mass is 9.85. The number of anilines is 2. The minimum atomic E-state index is -1.14. The zero-order valence-corrected chi connectivity index (χ0v) is 20.8. The van der Waals surface area contributed by atoms with Crippen LogP contribution in [0.25, 0.3) is 11.1 Å². The first-order chi connectivity index (χ1) is 17.1. The van der Waals surface area contributed by atoms with E-state index in [2.05, 4.69) is 10.6 Å². The predicted molar refractivity (Wildman–Crippen MR) is 139 cm³/mol. The van der Waals surface area contributed by atoms with Crippen LogP contribution in [-0.2, 0) is 4.79 Å². The molecule has 3 aromatic rings. The fourth-order valence-electron chi connectivity index (χ4n) is 3.53. The Kier molecular flexibility index (Phi) is 8.32. The van der Waals surface area contributed by atoms with Gasteiger partial charge in [-0.25, -0.2) is 4.79 Å². The van der Waals surface area contributed by atoms with Crippen molar-refractivity contribution >= 4 is 29.2 Å². The molecule has 3 N–H and O–H groups in total. The van der Waals surface area contributed by atoms with Crippen LogP contribution >= 0.6 is 0 Å². The van der Waals surface area contributed by atoms with Crippen molar-refractivity contribution in [2.45, 2.75) is 27.2 Å². The summed E-state index contributed by atoms with van der Waals surface area (Å²) in [4.78, 5) is 36.4. The van der Waals surface area contributed by atoms with Crippen molar-refractivity contribution in [3.63, 3.8) is 0 Å². The van der Waals surface area contributed by atoms with E-state index in [-0.39, 0.29) is 12.2 Å². The number of rotatable bonds is 10. The average Bonchev–Trinajstić information content (AvgIpc) is 2.85. The summed E-state index contributed by atoms with van der Waals surface area (Å²) in [6.07, 6.45) is -0.0903. The highest BCUT2D eigenvalue weighted by molar-refractivity contribution is 6.02. The number of Topliss-reactive ketones (excluding diaryl/α,β-unsaturated/α-hetero) is 1. The number of hydrogen-bond acceptors (Lipinski definition) is 5. The lowest BCUT2D eigenvalue weighted by Crippen LogP contribution is -2.26. The SMILES string of the molecule is CCOc1ccccc1NC(=O)Nc1ccc(-c2ccc(C(=O)CC(C)(C)C(=O)O)cc2)cc1OC. The summed E-state index contributed by atoms with van der Waals surface area (Å²) in [6, 6.07) is 19.0. The van der Waals surface area contributed by atoms with E-state index in [4.69, 9.17) is 9.47 Å². The molecule has 3 aromatic carbocycles. The van der Waals surface area contributed by atoms with Gasteiger partial charge in [0.15, 0.2) is 5.78 Å². The quantitative estimate of drug-likeness (QED) is 0.296. The van der Waals surface area contributed by atoms with Crippen LogP contribution in [0.3, 0.4) is 0 Å². The van der Waals surface area contributed by atoms with Gasteiger partial charge in [-0.2, -0.15) is 0 Å². The summed E-state index contributed by atoms with van der Waals surface area (Å²) in [5.74, 6) is -0.210. The number of carboxylic acid groups (broad SMARTS) is 1. The maximum Gasteiger partial charge on any atom is 0.323 e. The highest BCUT2D eigenvalue weighted by Crippen LogP contribution is 2.32. The molecule has 0 saturated carbocycles. The van der Waals surface area contributed by atoms with Crippen LogP contribution in [0.15, 0.2) is 66.7 Å². The van der Waals surface area contributed by atoms with Gasteiger partial charge in [-0.05, 0) is 56.2 Å². The first-order valence-corrected chi connectivity index (χ1v) is 11.5. The predicted octanol–water partition coefficient (Wildman–Crippen LogP) is 6.09. The molecule has 0 aliphatic carbocycles. The molecule has 0 bridgehead atoms. The molecular weight excluding hydrogens is 460 g/mol. The highest BCUT2D eigenvalue weighted by Gasteiger charge is 2.30. The summed E-state index contributed by atoms with van der Waals surface area (Å²) < 4.78 is 11.0. The Morgan fingerprint density at radius 3 is 2.08 bits per heavy atom. The smallest absolute Gasteiger partial charge is 0.323 e. The number of carbonyl (C=O) groups excluding carboxylic acids is 2. The second-order valence-corrected chi connectivity index (χ2v) is 8.79. The number of ether oxygens (including phenoxy) is 2. The molecule has 8 nitrogen and oxygen atoms in total. The minimum absolute atomic E-state index is 0.0903. The van der Waals surface area contributed by atoms with Gasteiger partial charge in [0, 0.05) is 12.0 Å². The van der Waals surface area contributed by atoms with Crippen molar-refractivity contribution in [3.05, 3.63) is 72.3 Å². The summed E-state index contributed by atoms with van der Waals surface area (Å²) >= 11 is 0. The maximum atomic E-state index is 12.6. The van der Waals surface area contributed by atoms with E-state index in [1.54, 1.807) is 54.6 Å². The van der Waals surface area contributed by atoms with Crippen LogP contribution in [0.5, 0.6) is 11.5 Å². The summed E-state index contributed by atoms with van der Waals surface area (Å²) in [7, 11) is 1.51. The number of hydrogen-bond donors (Lipinski definition) is 3. The zero-order valence-electron chi connectivity index (χ0n) is 20.8. The summed E-state index contributed by atoms with van der Waals surface area (Å²) in [5.41, 5.74) is 2.00. The number of ketones is 1. The van der Waals surface area contributed by atoms with Crippen molar-refractivity contribution in [2.24, 2.45) is 5.41 Å². The molecular formula is C28H30N2O6. The van der Waals surface area contributed by atoms with Crippen molar-refractivity contribution in [3.8, 4) is 22.6 Å². The van der Waals surface area contributed by atoms with Crippen LogP contribution < -0.4 is 20.1 Å². The molecule has 188 valence electrons. The van der Waals surface area contributed by atoms with Gasteiger partial charge in [0.05, 0.1) is 30.5 Å². The Balaban J connectivity index is 1.73. The van der Waals surface area contributed by atoms with E-state index in [0.29, 0.717) is 35.0 Å². The standard InChI is InChI=1S/C28H30N2O6/c1-5-36-24-9-7-6-8-21(24)29-27(34)30-22-15-14-20(16-25(22)35-4)18-10-12-19(13-11-18)23(31)17-28(2,3)26(32)33/h6-16H,5,17H2,1-4H3,(H,32,33)(H2,29,30,34). The molecule has 0 fully saturated rings.